The molecule has 0 saturated carbocycles. The number of carbonyl (C=O) groups excluding carboxylic acids is 4. The van der Waals surface area contributed by atoms with E-state index in [0.717, 1.165) is 5.56 Å². The molecule has 3 unspecified atom stereocenters. The molecule has 7 nitrogen and oxygen atoms in total. The van der Waals surface area contributed by atoms with Gasteiger partial charge in [0.15, 0.2) is 0 Å². The lowest BCUT2D eigenvalue weighted by Crippen LogP contribution is -2.54. The van der Waals surface area contributed by atoms with Crippen molar-refractivity contribution in [3.63, 3.8) is 0 Å². The molecule has 3 atom stereocenters. The normalized spacial score (nSPS) is 14.0. The fraction of sp³-hybridized carbons (Fsp3) is 0.444. The van der Waals surface area contributed by atoms with Gasteiger partial charge in [-0.1, -0.05) is 30.3 Å². The van der Waals surface area contributed by atoms with Crippen molar-refractivity contribution in [2.75, 3.05) is 19.1 Å². The monoisotopic (exact) mass is 379 g/mol. The van der Waals surface area contributed by atoms with Crippen LogP contribution in [-0.2, 0) is 25.6 Å². The number of hydrogen-bond donors (Lipinski definition) is 3. The number of likely N-dealkylation sites (N-methyl/N-ethyl adjacent to an activating group) is 1. The van der Waals surface area contributed by atoms with E-state index in [4.69, 9.17) is 0 Å². The molecule has 0 bridgehead atoms. The number of benzene rings is 1. The van der Waals surface area contributed by atoms with Crippen molar-refractivity contribution in [1.29, 1.82) is 0 Å². The summed E-state index contributed by atoms with van der Waals surface area (Å²) in [4.78, 5) is 47.8. The highest BCUT2D eigenvalue weighted by molar-refractivity contribution is 7.98. The molecule has 8 heteroatoms. The zero-order valence-electron chi connectivity index (χ0n) is 15.2. The van der Waals surface area contributed by atoms with Gasteiger partial charge in [-0.3, -0.25) is 14.4 Å². The summed E-state index contributed by atoms with van der Waals surface area (Å²) in [5, 5.41) is 7.81. The molecule has 26 heavy (non-hydrogen) atoms. The number of thioether (sulfide) groups is 1. The molecule has 0 radical (unpaired) electrons. The SMILES string of the molecule is CNC(CSC)C(=O)C(=O)NC(Cc1ccccc1)C(=O)NC(C)C=O. The molecule has 0 aliphatic carbocycles. The summed E-state index contributed by atoms with van der Waals surface area (Å²) < 4.78 is 0. The van der Waals surface area contributed by atoms with Crippen molar-refractivity contribution in [3.8, 4) is 0 Å². The van der Waals surface area contributed by atoms with Crippen molar-refractivity contribution >= 4 is 35.6 Å². The first kappa shape index (κ1) is 21.9. The number of hydrogen-bond acceptors (Lipinski definition) is 6. The first-order valence-corrected chi connectivity index (χ1v) is 9.62. The Kier molecular flexibility index (Phi) is 9.61. The first-order chi connectivity index (χ1) is 12.4. The second kappa shape index (κ2) is 11.4. The van der Waals surface area contributed by atoms with Gasteiger partial charge >= 0.3 is 0 Å². The van der Waals surface area contributed by atoms with Crippen LogP contribution in [0.25, 0.3) is 0 Å². The molecular weight excluding hydrogens is 354 g/mol. The van der Waals surface area contributed by atoms with E-state index in [1.165, 1.54) is 18.7 Å². The highest BCUT2D eigenvalue weighted by atomic mass is 32.2. The summed E-state index contributed by atoms with van der Waals surface area (Å²) in [5.41, 5.74) is 0.827. The van der Waals surface area contributed by atoms with Crippen LogP contribution in [0.15, 0.2) is 30.3 Å². The molecule has 0 saturated heterocycles. The Morgan fingerprint density at radius 2 is 1.77 bits per heavy atom. The van der Waals surface area contributed by atoms with Crippen LogP contribution in [-0.4, -0.2) is 61.1 Å². The molecule has 2 amide bonds. The van der Waals surface area contributed by atoms with E-state index in [1.54, 1.807) is 7.05 Å². The highest BCUT2D eigenvalue weighted by Crippen LogP contribution is 2.05. The smallest absolute Gasteiger partial charge is 0.289 e. The first-order valence-electron chi connectivity index (χ1n) is 8.23. The van der Waals surface area contributed by atoms with Gasteiger partial charge < -0.3 is 20.7 Å². The maximum atomic E-state index is 12.4. The van der Waals surface area contributed by atoms with Crippen LogP contribution in [0.5, 0.6) is 0 Å². The summed E-state index contributed by atoms with van der Waals surface area (Å²) in [5.74, 6) is -1.52. The zero-order valence-corrected chi connectivity index (χ0v) is 16.0. The number of ketones is 1. The lowest BCUT2D eigenvalue weighted by atomic mass is 10.0. The highest BCUT2D eigenvalue weighted by Gasteiger charge is 2.29. The van der Waals surface area contributed by atoms with Gasteiger partial charge in [-0.15, -0.1) is 0 Å². The molecule has 0 aliphatic heterocycles. The summed E-state index contributed by atoms with van der Waals surface area (Å²) >= 11 is 1.44. The topological polar surface area (TPSA) is 104 Å². The number of carbonyl (C=O) groups is 4. The van der Waals surface area contributed by atoms with Crippen LogP contribution in [0.2, 0.25) is 0 Å². The average molecular weight is 379 g/mol. The fourth-order valence-electron chi connectivity index (χ4n) is 2.26. The molecule has 1 rings (SSSR count). The second-order valence-corrected chi connectivity index (χ2v) is 6.72. The Morgan fingerprint density at radius 3 is 2.31 bits per heavy atom. The molecule has 0 aromatic heterocycles. The van der Waals surface area contributed by atoms with E-state index in [1.807, 2.05) is 36.6 Å². The minimum absolute atomic E-state index is 0.212. The molecular formula is C18H25N3O4S. The third-order valence-corrected chi connectivity index (χ3v) is 4.37. The number of rotatable bonds is 11. The summed E-state index contributed by atoms with van der Waals surface area (Å²) in [6.07, 6.45) is 2.64. The summed E-state index contributed by atoms with van der Waals surface area (Å²) in [6, 6.07) is 6.86. The predicted octanol–water partition coefficient (Wildman–Crippen LogP) is -0.0624. The Hall–Kier alpha value is -2.19. The van der Waals surface area contributed by atoms with E-state index in [0.29, 0.717) is 12.0 Å². The number of amides is 2. The predicted molar refractivity (Wildman–Crippen MR) is 102 cm³/mol. The summed E-state index contributed by atoms with van der Waals surface area (Å²) in [6.45, 7) is 1.53. The third kappa shape index (κ3) is 6.97. The van der Waals surface area contributed by atoms with E-state index in [-0.39, 0.29) is 6.42 Å². The Bertz CT molecular complexity index is 624. The Balaban J connectivity index is 2.89. The van der Waals surface area contributed by atoms with E-state index >= 15 is 0 Å². The molecule has 142 valence electrons. The van der Waals surface area contributed by atoms with Crippen molar-refractivity contribution in [3.05, 3.63) is 35.9 Å². The fourth-order valence-corrected chi connectivity index (χ4v) is 2.91. The molecule has 1 aromatic rings. The minimum atomic E-state index is -0.956. The van der Waals surface area contributed by atoms with Crippen molar-refractivity contribution < 1.29 is 19.2 Å². The molecule has 3 N–H and O–H groups in total. The maximum Gasteiger partial charge on any atom is 0.289 e. The van der Waals surface area contributed by atoms with Gasteiger partial charge in [0.1, 0.15) is 12.3 Å². The third-order valence-electron chi connectivity index (χ3n) is 3.70. The van der Waals surface area contributed by atoms with Gasteiger partial charge in [-0.2, -0.15) is 11.8 Å². The number of nitrogens with one attached hydrogen (secondary N) is 3. The largest absolute Gasteiger partial charge is 0.345 e. The molecule has 0 fully saturated rings. The van der Waals surface area contributed by atoms with E-state index in [9.17, 15) is 19.2 Å². The Labute approximate surface area is 157 Å². The van der Waals surface area contributed by atoms with Gasteiger partial charge in [0, 0.05) is 12.2 Å². The lowest BCUT2D eigenvalue weighted by Gasteiger charge is -2.21. The molecule has 1 aromatic carbocycles. The van der Waals surface area contributed by atoms with Crippen LogP contribution >= 0.6 is 11.8 Å². The number of Topliss-reactive ketones (excluding diaryl/α,β-unsaturated/α-hetero) is 1. The molecule has 0 heterocycles. The molecule has 0 spiro atoms. The van der Waals surface area contributed by atoms with Gasteiger partial charge in [-0.05, 0) is 25.8 Å². The average Bonchev–Trinajstić information content (AvgIpc) is 2.65. The standard InChI is InChI=1S/C18H25N3O4S/c1-12(10-22)20-17(24)14(9-13-7-5-4-6-8-13)21-18(25)16(23)15(19-2)11-26-3/h4-8,10,12,14-15,19H,9,11H2,1-3H3,(H,20,24)(H,21,25). The lowest BCUT2D eigenvalue weighted by molar-refractivity contribution is -0.140. The molecule has 0 aliphatic rings. The van der Waals surface area contributed by atoms with Gasteiger partial charge in [0.2, 0.25) is 11.7 Å². The van der Waals surface area contributed by atoms with Crippen LogP contribution in [0.4, 0.5) is 0 Å². The van der Waals surface area contributed by atoms with E-state index < -0.39 is 35.7 Å². The maximum absolute atomic E-state index is 12.4. The van der Waals surface area contributed by atoms with Crippen LogP contribution in [0.3, 0.4) is 0 Å². The van der Waals surface area contributed by atoms with Gasteiger partial charge in [0.25, 0.3) is 5.91 Å². The second-order valence-electron chi connectivity index (χ2n) is 5.81. The Morgan fingerprint density at radius 1 is 1.12 bits per heavy atom. The van der Waals surface area contributed by atoms with Crippen molar-refractivity contribution in [2.24, 2.45) is 0 Å². The van der Waals surface area contributed by atoms with Crippen molar-refractivity contribution in [1.82, 2.24) is 16.0 Å². The van der Waals surface area contributed by atoms with Crippen LogP contribution in [0.1, 0.15) is 12.5 Å². The van der Waals surface area contributed by atoms with Crippen LogP contribution < -0.4 is 16.0 Å². The zero-order chi connectivity index (χ0) is 19.5. The van der Waals surface area contributed by atoms with E-state index in [2.05, 4.69) is 16.0 Å². The van der Waals surface area contributed by atoms with Crippen molar-refractivity contribution in [2.45, 2.75) is 31.5 Å². The quantitative estimate of drug-likeness (QED) is 0.367. The minimum Gasteiger partial charge on any atom is -0.345 e. The van der Waals surface area contributed by atoms with Gasteiger partial charge in [-0.25, -0.2) is 0 Å². The van der Waals surface area contributed by atoms with Gasteiger partial charge in [0.05, 0.1) is 12.1 Å². The number of aldehydes is 1. The van der Waals surface area contributed by atoms with Crippen LogP contribution in [0, 0.1) is 0 Å². The summed E-state index contributed by atoms with van der Waals surface area (Å²) in [7, 11) is 1.60.